The van der Waals surface area contributed by atoms with Crippen LogP contribution in [0.25, 0.3) is 0 Å². The minimum Gasteiger partial charge on any atom is -0.336 e. The fourth-order valence-electron chi connectivity index (χ4n) is 2.04. The number of imidazole rings is 1. The molecular weight excluding hydrogens is 252 g/mol. The van der Waals surface area contributed by atoms with Crippen LogP contribution in [0.15, 0.2) is 18.7 Å². The van der Waals surface area contributed by atoms with E-state index in [0.717, 1.165) is 12.8 Å². The first kappa shape index (κ1) is 13.5. The summed E-state index contributed by atoms with van der Waals surface area (Å²) >= 11 is 0. The fraction of sp³-hybridized carbons (Fsp3) is 0.727. The van der Waals surface area contributed by atoms with E-state index in [9.17, 15) is 8.42 Å². The van der Waals surface area contributed by atoms with Crippen molar-refractivity contribution in [3.63, 3.8) is 0 Å². The van der Waals surface area contributed by atoms with Gasteiger partial charge in [-0.2, -0.15) is 12.7 Å². The quantitative estimate of drug-likeness (QED) is 0.846. The summed E-state index contributed by atoms with van der Waals surface area (Å²) in [7, 11) is -3.31. The van der Waals surface area contributed by atoms with E-state index in [1.807, 2.05) is 10.8 Å². The average Bonchev–Trinajstić information content (AvgIpc) is 2.82. The second-order valence-electron chi connectivity index (χ2n) is 4.78. The average molecular weight is 272 g/mol. The highest BCUT2D eigenvalue weighted by Gasteiger charge is 2.25. The molecule has 1 N–H and O–H groups in total. The van der Waals surface area contributed by atoms with Crippen LogP contribution in [-0.2, 0) is 16.8 Å². The molecule has 0 radical (unpaired) electrons. The van der Waals surface area contributed by atoms with Gasteiger partial charge >= 0.3 is 0 Å². The second kappa shape index (κ2) is 5.81. The zero-order chi connectivity index (χ0) is 13.0. The first-order valence-electron chi connectivity index (χ1n) is 6.28. The summed E-state index contributed by atoms with van der Waals surface area (Å²) in [6.07, 6.45) is 7.07. The summed E-state index contributed by atoms with van der Waals surface area (Å²) in [4.78, 5) is 3.91. The standard InChI is InChI=1S/C11H20N4O2S/c1-11-2-6-15(7-3-11)18(16,17)13-5-9-14-8-4-12-10-14/h4,8,10-11,13H,2-3,5-7,9H2,1H3. The Morgan fingerprint density at radius 3 is 2.72 bits per heavy atom. The number of rotatable bonds is 5. The molecule has 0 saturated carbocycles. The lowest BCUT2D eigenvalue weighted by Gasteiger charge is -2.29. The van der Waals surface area contributed by atoms with Crippen LogP contribution in [0.2, 0.25) is 0 Å². The monoisotopic (exact) mass is 272 g/mol. The highest BCUT2D eigenvalue weighted by molar-refractivity contribution is 7.87. The molecule has 2 heterocycles. The van der Waals surface area contributed by atoms with E-state index in [2.05, 4.69) is 16.6 Å². The van der Waals surface area contributed by atoms with Gasteiger partial charge in [0, 0.05) is 38.6 Å². The fourth-order valence-corrected chi connectivity index (χ4v) is 3.26. The number of nitrogens with zero attached hydrogens (tertiary/aromatic N) is 3. The number of aromatic nitrogens is 2. The number of hydrogen-bond acceptors (Lipinski definition) is 3. The van der Waals surface area contributed by atoms with E-state index in [4.69, 9.17) is 0 Å². The summed E-state index contributed by atoms with van der Waals surface area (Å²) in [5.41, 5.74) is 0. The summed E-state index contributed by atoms with van der Waals surface area (Å²) in [6, 6.07) is 0. The molecule has 1 fully saturated rings. The first-order valence-corrected chi connectivity index (χ1v) is 7.72. The molecule has 1 saturated heterocycles. The molecule has 0 spiro atoms. The van der Waals surface area contributed by atoms with Gasteiger partial charge in [-0.05, 0) is 18.8 Å². The van der Waals surface area contributed by atoms with Crippen LogP contribution in [0.1, 0.15) is 19.8 Å². The Kier molecular flexibility index (Phi) is 4.36. The Hall–Kier alpha value is -0.920. The van der Waals surface area contributed by atoms with Gasteiger partial charge in [-0.15, -0.1) is 0 Å². The zero-order valence-electron chi connectivity index (χ0n) is 10.6. The van der Waals surface area contributed by atoms with Gasteiger partial charge in [0.05, 0.1) is 6.33 Å². The maximum atomic E-state index is 12.0. The molecule has 18 heavy (non-hydrogen) atoms. The molecule has 0 unspecified atom stereocenters. The third kappa shape index (κ3) is 3.54. The van der Waals surface area contributed by atoms with Gasteiger partial charge in [-0.1, -0.05) is 6.92 Å². The van der Waals surface area contributed by atoms with E-state index >= 15 is 0 Å². The van der Waals surface area contributed by atoms with Gasteiger partial charge in [0.15, 0.2) is 0 Å². The molecule has 1 aliphatic rings. The molecule has 6 nitrogen and oxygen atoms in total. The summed E-state index contributed by atoms with van der Waals surface area (Å²) in [5.74, 6) is 0.627. The van der Waals surface area contributed by atoms with Crippen molar-refractivity contribution in [1.82, 2.24) is 18.6 Å². The molecule has 0 aromatic carbocycles. The van der Waals surface area contributed by atoms with Gasteiger partial charge in [0.25, 0.3) is 10.2 Å². The minimum atomic E-state index is -3.31. The topological polar surface area (TPSA) is 67.2 Å². The van der Waals surface area contributed by atoms with Crippen molar-refractivity contribution >= 4 is 10.2 Å². The van der Waals surface area contributed by atoms with Gasteiger partial charge in [-0.25, -0.2) is 9.71 Å². The molecule has 102 valence electrons. The van der Waals surface area contributed by atoms with Crippen molar-refractivity contribution in [1.29, 1.82) is 0 Å². The molecule has 0 aliphatic carbocycles. The Balaban J connectivity index is 1.80. The molecular formula is C11H20N4O2S. The summed E-state index contributed by atoms with van der Waals surface area (Å²) in [6.45, 7) is 4.41. The van der Waals surface area contributed by atoms with Crippen LogP contribution < -0.4 is 4.72 Å². The van der Waals surface area contributed by atoms with Crippen molar-refractivity contribution < 1.29 is 8.42 Å². The van der Waals surface area contributed by atoms with Crippen molar-refractivity contribution in [2.75, 3.05) is 19.6 Å². The molecule has 1 aromatic heterocycles. The Labute approximate surface area is 108 Å². The maximum Gasteiger partial charge on any atom is 0.279 e. The van der Waals surface area contributed by atoms with Crippen molar-refractivity contribution in [3.8, 4) is 0 Å². The highest BCUT2D eigenvalue weighted by Crippen LogP contribution is 2.17. The largest absolute Gasteiger partial charge is 0.336 e. The van der Waals surface area contributed by atoms with Crippen LogP contribution in [0.4, 0.5) is 0 Å². The molecule has 7 heteroatoms. The van der Waals surface area contributed by atoms with E-state index in [1.165, 1.54) is 0 Å². The first-order chi connectivity index (χ1) is 8.58. The number of piperidine rings is 1. The highest BCUT2D eigenvalue weighted by atomic mass is 32.2. The molecule has 0 bridgehead atoms. The molecule has 1 aliphatic heterocycles. The smallest absolute Gasteiger partial charge is 0.279 e. The summed E-state index contributed by atoms with van der Waals surface area (Å²) in [5, 5.41) is 0. The van der Waals surface area contributed by atoms with E-state index in [1.54, 1.807) is 16.8 Å². The molecule has 2 rings (SSSR count). The van der Waals surface area contributed by atoms with E-state index in [-0.39, 0.29) is 0 Å². The summed E-state index contributed by atoms with van der Waals surface area (Å²) < 4.78 is 30.0. The predicted octanol–water partition coefficient (Wildman–Crippen LogP) is 0.449. The Bertz CT molecular complexity index is 449. The van der Waals surface area contributed by atoms with Gasteiger partial charge < -0.3 is 4.57 Å². The normalized spacial score (nSPS) is 19.2. The maximum absolute atomic E-state index is 12.0. The third-order valence-corrected chi connectivity index (χ3v) is 4.91. The SMILES string of the molecule is CC1CCN(S(=O)(=O)NCCn2ccnc2)CC1. The Morgan fingerprint density at radius 1 is 1.39 bits per heavy atom. The van der Waals surface area contributed by atoms with Crippen molar-refractivity contribution in [2.24, 2.45) is 5.92 Å². The van der Waals surface area contributed by atoms with Crippen LogP contribution in [0.3, 0.4) is 0 Å². The Morgan fingerprint density at radius 2 is 2.11 bits per heavy atom. The van der Waals surface area contributed by atoms with Gasteiger partial charge in [0.1, 0.15) is 0 Å². The third-order valence-electron chi connectivity index (χ3n) is 3.30. The van der Waals surface area contributed by atoms with Gasteiger partial charge in [-0.3, -0.25) is 0 Å². The number of hydrogen-bond donors (Lipinski definition) is 1. The van der Waals surface area contributed by atoms with Crippen molar-refractivity contribution in [3.05, 3.63) is 18.7 Å². The lowest BCUT2D eigenvalue weighted by Crippen LogP contribution is -2.45. The lowest BCUT2D eigenvalue weighted by molar-refractivity contribution is 0.285. The van der Waals surface area contributed by atoms with Crippen molar-refractivity contribution in [2.45, 2.75) is 26.3 Å². The van der Waals surface area contributed by atoms with E-state index < -0.39 is 10.2 Å². The number of nitrogens with one attached hydrogen (secondary N) is 1. The molecule has 1 aromatic rings. The molecule has 0 atom stereocenters. The van der Waals surface area contributed by atoms with Crippen LogP contribution in [-0.4, -0.2) is 41.9 Å². The van der Waals surface area contributed by atoms with Crippen LogP contribution in [0, 0.1) is 5.92 Å². The van der Waals surface area contributed by atoms with Crippen LogP contribution in [0.5, 0.6) is 0 Å². The lowest BCUT2D eigenvalue weighted by atomic mass is 10.0. The van der Waals surface area contributed by atoms with Crippen LogP contribution >= 0.6 is 0 Å². The van der Waals surface area contributed by atoms with Gasteiger partial charge in [0.2, 0.25) is 0 Å². The minimum absolute atomic E-state index is 0.394. The molecule has 0 amide bonds. The predicted molar refractivity (Wildman–Crippen MR) is 69.1 cm³/mol. The zero-order valence-corrected chi connectivity index (χ0v) is 11.4. The van der Waals surface area contributed by atoms with E-state index in [0.29, 0.717) is 32.1 Å². The second-order valence-corrected chi connectivity index (χ2v) is 6.54.